The van der Waals surface area contributed by atoms with E-state index in [1.165, 1.54) is 110 Å². The van der Waals surface area contributed by atoms with Crippen molar-refractivity contribution < 1.29 is 0 Å². The van der Waals surface area contributed by atoms with Crippen LogP contribution in [0.3, 0.4) is 0 Å². The molecule has 2 aliphatic carbocycles. The number of rotatable bonds is 8. The second kappa shape index (κ2) is 17.9. The van der Waals surface area contributed by atoms with Crippen LogP contribution in [0.1, 0.15) is 22.3 Å². The molecule has 0 bridgehead atoms. The zero-order valence-electron chi connectivity index (χ0n) is 43.3. The third-order valence-electron chi connectivity index (χ3n) is 17.0. The second-order valence-electron chi connectivity index (χ2n) is 21.1. The number of anilines is 6. The number of fused-ring (bicyclic) bond motifs is 14. The Labute approximate surface area is 460 Å². The van der Waals surface area contributed by atoms with E-state index in [1.54, 1.807) is 0 Å². The van der Waals surface area contributed by atoms with Crippen molar-refractivity contribution >= 4 is 77.2 Å². The number of nitrogens with zero attached hydrogens (tertiary/aromatic N) is 2. The van der Waals surface area contributed by atoms with Crippen LogP contribution in [0, 0.1) is 0 Å². The topological polar surface area (TPSA) is 6.48 Å². The lowest BCUT2D eigenvalue weighted by Gasteiger charge is -2.33. The molecule has 14 aromatic rings. The van der Waals surface area contributed by atoms with Crippen molar-refractivity contribution in [2.45, 2.75) is 5.41 Å². The predicted molar refractivity (Wildman–Crippen MR) is 333 cm³/mol. The fourth-order valence-electron chi connectivity index (χ4n) is 13.6. The second-order valence-corrected chi connectivity index (χ2v) is 21.1. The van der Waals surface area contributed by atoms with Gasteiger partial charge in [0.25, 0.3) is 0 Å². The molecular weight excluding hydrogens is 953 g/mol. The number of hydrogen-bond acceptors (Lipinski definition) is 2. The molecule has 2 heteroatoms. The van der Waals surface area contributed by atoms with Crippen molar-refractivity contribution in [2.24, 2.45) is 0 Å². The fourth-order valence-corrected chi connectivity index (χ4v) is 13.6. The molecule has 0 unspecified atom stereocenters. The highest BCUT2D eigenvalue weighted by atomic mass is 15.1. The molecule has 0 N–H and O–H groups in total. The summed E-state index contributed by atoms with van der Waals surface area (Å²) in [5.41, 5.74) is 21.1. The molecule has 2 nitrogen and oxygen atoms in total. The zero-order chi connectivity index (χ0) is 52.0. The van der Waals surface area contributed by atoms with Gasteiger partial charge in [-0.2, -0.15) is 0 Å². The van der Waals surface area contributed by atoms with E-state index < -0.39 is 5.41 Å². The van der Waals surface area contributed by atoms with Crippen molar-refractivity contribution in [2.75, 3.05) is 9.80 Å². The lowest BCUT2D eigenvalue weighted by atomic mass is 9.70. The third kappa shape index (κ3) is 6.91. The van der Waals surface area contributed by atoms with E-state index in [-0.39, 0.29) is 0 Å². The Morgan fingerprint density at radius 2 is 0.506 bits per heavy atom. The molecule has 0 saturated carbocycles. The van der Waals surface area contributed by atoms with Crippen molar-refractivity contribution in [1.82, 2.24) is 0 Å². The molecule has 0 fully saturated rings. The molecule has 0 atom stereocenters. The largest absolute Gasteiger partial charge is 0.310 e. The van der Waals surface area contributed by atoms with E-state index in [0.29, 0.717) is 0 Å². The summed E-state index contributed by atoms with van der Waals surface area (Å²) in [5.74, 6) is 0. The molecule has 16 rings (SSSR count). The number of hydrogen-bond donors (Lipinski definition) is 0. The third-order valence-corrected chi connectivity index (χ3v) is 17.0. The van der Waals surface area contributed by atoms with Gasteiger partial charge in [0.2, 0.25) is 0 Å². The van der Waals surface area contributed by atoms with Crippen LogP contribution in [-0.2, 0) is 5.41 Å². The molecule has 1 spiro atoms. The van der Waals surface area contributed by atoms with Crippen LogP contribution >= 0.6 is 0 Å². The van der Waals surface area contributed by atoms with Crippen LogP contribution in [0.4, 0.5) is 34.1 Å². The van der Waals surface area contributed by atoms with E-state index in [1.807, 2.05) is 0 Å². The van der Waals surface area contributed by atoms with Gasteiger partial charge < -0.3 is 9.80 Å². The maximum atomic E-state index is 2.52. The van der Waals surface area contributed by atoms with Crippen molar-refractivity contribution in [1.29, 1.82) is 0 Å². The predicted octanol–water partition coefficient (Wildman–Crippen LogP) is 20.9. The Morgan fingerprint density at radius 3 is 0.937 bits per heavy atom. The Balaban J connectivity index is 0.908. The Hall–Kier alpha value is -10.3. The first kappa shape index (κ1) is 45.0. The first-order valence-corrected chi connectivity index (χ1v) is 27.4. The van der Waals surface area contributed by atoms with Gasteiger partial charge in [-0.1, -0.05) is 243 Å². The average molecular weight is 1000 g/mol. The fraction of sp³-hybridized carbons (Fsp3) is 0.0130. The summed E-state index contributed by atoms with van der Waals surface area (Å²) in [6.45, 7) is 0. The van der Waals surface area contributed by atoms with E-state index in [0.717, 1.165) is 34.1 Å². The van der Waals surface area contributed by atoms with E-state index in [2.05, 4.69) is 313 Å². The Bertz CT molecular complexity index is 4420. The maximum Gasteiger partial charge on any atom is 0.0727 e. The van der Waals surface area contributed by atoms with Crippen molar-refractivity contribution in [3.63, 3.8) is 0 Å². The van der Waals surface area contributed by atoms with Gasteiger partial charge in [0.15, 0.2) is 0 Å². The maximum absolute atomic E-state index is 2.52. The van der Waals surface area contributed by atoms with Crippen LogP contribution < -0.4 is 9.80 Å². The van der Waals surface area contributed by atoms with Crippen molar-refractivity contribution in [3.05, 3.63) is 326 Å². The molecule has 0 aliphatic heterocycles. The van der Waals surface area contributed by atoms with E-state index in [4.69, 9.17) is 0 Å². The normalized spacial score (nSPS) is 12.7. The highest BCUT2D eigenvalue weighted by Gasteiger charge is 2.52. The monoisotopic (exact) mass is 1000 g/mol. The summed E-state index contributed by atoms with van der Waals surface area (Å²) >= 11 is 0. The van der Waals surface area contributed by atoms with Gasteiger partial charge in [0.1, 0.15) is 0 Å². The lowest BCUT2D eigenvalue weighted by molar-refractivity contribution is 0.793. The van der Waals surface area contributed by atoms with E-state index >= 15 is 0 Å². The summed E-state index contributed by atoms with van der Waals surface area (Å²) in [5, 5.41) is 9.78. The van der Waals surface area contributed by atoms with Crippen LogP contribution in [0.2, 0.25) is 0 Å². The molecule has 0 radical (unpaired) electrons. The smallest absolute Gasteiger partial charge is 0.0727 e. The standard InChI is InChI=1S/C77H50N2/c1-5-25-61-51(17-1)21-13-31-63(61)55-37-41-57(42-38-55)78(75-35-15-23-53-19-3-7-27-65(53)75)59-45-47-69-70-48-46-60(50-74(70)77(73(69)49-59)71-33-11-9-29-67(71)68-30-10-12-34-72(68)77)79(76-36-16-24-54-20-4-8-28-66(54)76)58-43-39-56(40-44-58)64-32-14-22-52-18-2-6-26-62(52)64/h1-50H. The number of benzene rings is 14. The Morgan fingerprint density at radius 1 is 0.203 bits per heavy atom. The highest BCUT2D eigenvalue weighted by Crippen LogP contribution is 2.64. The minimum Gasteiger partial charge on any atom is -0.310 e. The van der Waals surface area contributed by atoms with Gasteiger partial charge in [0, 0.05) is 33.5 Å². The summed E-state index contributed by atoms with van der Waals surface area (Å²) in [4.78, 5) is 4.96. The molecule has 0 heterocycles. The summed E-state index contributed by atoms with van der Waals surface area (Å²) in [6, 6.07) is 113. The lowest BCUT2D eigenvalue weighted by Crippen LogP contribution is -2.26. The first-order valence-electron chi connectivity index (χ1n) is 27.4. The highest BCUT2D eigenvalue weighted by molar-refractivity contribution is 6.04. The molecule has 368 valence electrons. The average Bonchev–Trinajstić information content (AvgIpc) is 4.21. The molecular formula is C77H50N2. The molecule has 79 heavy (non-hydrogen) atoms. The minimum atomic E-state index is -0.630. The van der Waals surface area contributed by atoms with Crippen LogP contribution in [0.5, 0.6) is 0 Å². The van der Waals surface area contributed by atoms with Crippen LogP contribution in [0.15, 0.2) is 303 Å². The van der Waals surface area contributed by atoms with Gasteiger partial charge in [-0.05, 0) is 160 Å². The van der Waals surface area contributed by atoms with Crippen molar-refractivity contribution in [3.8, 4) is 44.5 Å². The quantitative estimate of drug-likeness (QED) is 0.150. The summed E-state index contributed by atoms with van der Waals surface area (Å²) in [6.07, 6.45) is 0. The molecule has 0 aromatic heterocycles. The molecule has 2 aliphatic rings. The molecule has 0 saturated heterocycles. The van der Waals surface area contributed by atoms with Gasteiger partial charge in [0.05, 0.1) is 16.8 Å². The first-order chi connectivity index (χ1) is 39.2. The summed E-state index contributed by atoms with van der Waals surface area (Å²) in [7, 11) is 0. The SMILES string of the molecule is c1ccc2c(c1)-c1ccccc1C21c2cc(N(c3ccc(-c4cccc5ccccc45)cc3)c3cccc4ccccc34)ccc2-c2ccc(N(c3ccc(-c4cccc5ccccc45)cc3)c3cccc4ccccc34)cc21. The van der Waals surface area contributed by atoms with E-state index in [9.17, 15) is 0 Å². The van der Waals surface area contributed by atoms with Gasteiger partial charge in [-0.3, -0.25) is 0 Å². The van der Waals surface area contributed by atoms with Crippen LogP contribution in [0.25, 0.3) is 87.6 Å². The van der Waals surface area contributed by atoms with Gasteiger partial charge in [-0.25, -0.2) is 0 Å². The molecule has 14 aromatic carbocycles. The minimum absolute atomic E-state index is 0.630. The molecule has 0 amide bonds. The van der Waals surface area contributed by atoms with Gasteiger partial charge >= 0.3 is 0 Å². The summed E-state index contributed by atoms with van der Waals surface area (Å²) < 4.78 is 0. The Kier molecular flexibility index (Phi) is 10.2. The van der Waals surface area contributed by atoms with Gasteiger partial charge in [-0.15, -0.1) is 0 Å². The van der Waals surface area contributed by atoms with Crippen LogP contribution in [-0.4, -0.2) is 0 Å². The zero-order valence-corrected chi connectivity index (χ0v) is 43.3.